The first-order chi connectivity index (χ1) is 11.0. The Morgan fingerprint density at radius 2 is 1.70 bits per heavy atom. The highest BCUT2D eigenvalue weighted by Crippen LogP contribution is 2.15. The molecule has 0 atom stereocenters. The van der Waals surface area contributed by atoms with Crippen LogP contribution in [0.4, 0.5) is 5.69 Å². The normalized spacial score (nSPS) is 10.2. The molecule has 0 unspecified atom stereocenters. The second-order valence-corrected chi connectivity index (χ2v) is 5.87. The first-order valence-corrected chi connectivity index (χ1v) is 8.03. The summed E-state index contributed by atoms with van der Waals surface area (Å²) in [6, 6.07) is 8.60. The highest BCUT2D eigenvalue weighted by atomic mass is 32.2. The lowest BCUT2D eigenvalue weighted by Crippen LogP contribution is -2.18. The maximum Gasteiger partial charge on any atom is 0.251 e. The van der Waals surface area contributed by atoms with Crippen molar-refractivity contribution in [3.63, 3.8) is 0 Å². The number of benzene rings is 1. The van der Waals surface area contributed by atoms with Crippen molar-refractivity contribution >= 4 is 29.3 Å². The maximum absolute atomic E-state index is 12.0. The van der Waals surface area contributed by atoms with Gasteiger partial charge in [-0.15, -0.1) is 0 Å². The average molecular weight is 330 g/mol. The summed E-state index contributed by atoms with van der Waals surface area (Å²) in [4.78, 5) is 32.0. The molecule has 2 N–H and O–H groups in total. The molecule has 0 aliphatic carbocycles. The van der Waals surface area contributed by atoms with Gasteiger partial charge in [-0.05, 0) is 44.2 Å². The van der Waals surface area contributed by atoms with E-state index in [1.807, 2.05) is 19.9 Å². The van der Waals surface area contributed by atoms with E-state index in [1.165, 1.54) is 11.8 Å². The summed E-state index contributed by atoms with van der Waals surface area (Å²) in [6.07, 6.45) is 0. The van der Waals surface area contributed by atoms with Gasteiger partial charge in [-0.25, -0.2) is 9.97 Å². The minimum absolute atomic E-state index is 0.148. The average Bonchev–Trinajstić information content (AvgIpc) is 2.52. The monoisotopic (exact) mass is 330 g/mol. The van der Waals surface area contributed by atoms with Crippen LogP contribution in [0.5, 0.6) is 0 Å². The summed E-state index contributed by atoms with van der Waals surface area (Å²) < 4.78 is 0. The Balaban J connectivity index is 1.90. The van der Waals surface area contributed by atoms with Crippen molar-refractivity contribution < 1.29 is 9.59 Å². The van der Waals surface area contributed by atoms with E-state index in [0.29, 0.717) is 16.4 Å². The molecule has 2 aromatic rings. The molecule has 0 bridgehead atoms. The highest BCUT2D eigenvalue weighted by molar-refractivity contribution is 7.99. The van der Waals surface area contributed by atoms with Crippen molar-refractivity contribution in [2.75, 3.05) is 18.1 Å². The third-order valence-electron chi connectivity index (χ3n) is 2.95. The van der Waals surface area contributed by atoms with Gasteiger partial charge in [-0.1, -0.05) is 11.8 Å². The van der Waals surface area contributed by atoms with Crippen LogP contribution in [0, 0.1) is 13.8 Å². The van der Waals surface area contributed by atoms with Crippen molar-refractivity contribution in [1.29, 1.82) is 0 Å². The van der Waals surface area contributed by atoms with Crippen LogP contribution < -0.4 is 10.6 Å². The van der Waals surface area contributed by atoms with Crippen molar-refractivity contribution in [1.82, 2.24) is 15.3 Å². The first kappa shape index (κ1) is 17.0. The Labute approximate surface area is 139 Å². The molecule has 2 rings (SSSR count). The summed E-state index contributed by atoms with van der Waals surface area (Å²) in [5.41, 5.74) is 2.95. The highest BCUT2D eigenvalue weighted by Gasteiger charge is 2.08. The van der Waals surface area contributed by atoms with Gasteiger partial charge in [0.05, 0.1) is 5.75 Å². The Morgan fingerprint density at radius 3 is 2.26 bits per heavy atom. The second kappa shape index (κ2) is 7.73. The summed E-state index contributed by atoms with van der Waals surface area (Å²) >= 11 is 1.29. The van der Waals surface area contributed by atoms with Crippen LogP contribution in [0.3, 0.4) is 0 Å². The molecule has 1 aromatic heterocycles. The zero-order valence-electron chi connectivity index (χ0n) is 13.2. The molecular formula is C16H18N4O2S. The number of nitrogens with zero attached hydrogens (tertiary/aromatic N) is 2. The zero-order valence-corrected chi connectivity index (χ0v) is 14.0. The molecule has 0 aliphatic rings. The summed E-state index contributed by atoms with van der Waals surface area (Å²) in [6.45, 7) is 3.79. The molecule has 6 nitrogen and oxygen atoms in total. The molecule has 7 heteroatoms. The lowest BCUT2D eigenvalue weighted by atomic mass is 10.2. The van der Waals surface area contributed by atoms with Crippen LogP contribution in [0.2, 0.25) is 0 Å². The molecule has 0 saturated carbocycles. The van der Waals surface area contributed by atoms with E-state index < -0.39 is 0 Å². The Kier molecular flexibility index (Phi) is 5.70. The third kappa shape index (κ3) is 5.07. The van der Waals surface area contributed by atoms with Crippen molar-refractivity contribution in [3.8, 4) is 0 Å². The number of carbonyl (C=O) groups is 2. The molecule has 23 heavy (non-hydrogen) atoms. The van der Waals surface area contributed by atoms with Gasteiger partial charge in [0.2, 0.25) is 5.91 Å². The van der Waals surface area contributed by atoms with Crippen LogP contribution in [0.15, 0.2) is 35.5 Å². The number of rotatable bonds is 5. The van der Waals surface area contributed by atoms with Crippen LogP contribution in [0.25, 0.3) is 0 Å². The molecule has 1 heterocycles. The van der Waals surface area contributed by atoms with E-state index in [9.17, 15) is 9.59 Å². The smallest absolute Gasteiger partial charge is 0.251 e. The van der Waals surface area contributed by atoms with Gasteiger partial charge >= 0.3 is 0 Å². The van der Waals surface area contributed by atoms with E-state index in [4.69, 9.17) is 0 Å². The lowest BCUT2D eigenvalue weighted by molar-refractivity contribution is -0.113. The quantitative estimate of drug-likeness (QED) is 0.648. The Bertz CT molecular complexity index is 696. The Hall–Kier alpha value is -2.41. The number of thioether (sulfide) groups is 1. The van der Waals surface area contributed by atoms with Gasteiger partial charge in [0.15, 0.2) is 5.16 Å². The van der Waals surface area contributed by atoms with Crippen molar-refractivity contribution in [3.05, 3.63) is 47.3 Å². The van der Waals surface area contributed by atoms with Crippen LogP contribution in [-0.4, -0.2) is 34.6 Å². The molecular weight excluding hydrogens is 312 g/mol. The number of nitrogens with one attached hydrogen (secondary N) is 2. The summed E-state index contributed by atoms with van der Waals surface area (Å²) in [7, 11) is 1.57. The van der Waals surface area contributed by atoms with Crippen molar-refractivity contribution in [2.24, 2.45) is 0 Å². The number of aromatic nitrogens is 2. The van der Waals surface area contributed by atoms with Gasteiger partial charge in [0.1, 0.15) is 0 Å². The SMILES string of the molecule is CNC(=O)c1ccc(NC(=O)CSc2nc(C)cc(C)n2)cc1. The number of carbonyl (C=O) groups excluding carboxylic acids is 2. The van der Waals surface area contributed by atoms with E-state index in [-0.39, 0.29) is 17.6 Å². The maximum atomic E-state index is 12.0. The second-order valence-electron chi connectivity index (χ2n) is 4.93. The molecule has 120 valence electrons. The number of hydrogen-bond donors (Lipinski definition) is 2. The number of anilines is 1. The largest absolute Gasteiger partial charge is 0.355 e. The molecule has 1 aromatic carbocycles. The molecule has 0 fully saturated rings. The third-order valence-corrected chi connectivity index (χ3v) is 3.80. The molecule has 0 radical (unpaired) electrons. The lowest BCUT2D eigenvalue weighted by Gasteiger charge is -2.06. The van der Waals surface area contributed by atoms with Gasteiger partial charge in [-0.3, -0.25) is 9.59 Å². The number of aryl methyl sites for hydroxylation is 2. The van der Waals surface area contributed by atoms with E-state index in [2.05, 4.69) is 20.6 Å². The molecule has 2 amide bonds. The Morgan fingerprint density at radius 1 is 1.09 bits per heavy atom. The fourth-order valence-electron chi connectivity index (χ4n) is 1.93. The van der Waals surface area contributed by atoms with Crippen molar-refractivity contribution in [2.45, 2.75) is 19.0 Å². The molecule has 0 saturated heterocycles. The van der Waals surface area contributed by atoms with E-state index in [1.54, 1.807) is 31.3 Å². The van der Waals surface area contributed by atoms with Gasteiger partial charge in [0.25, 0.3) is 5.91 Å². The first-order valence-electron chi connectivity index (χ1n) is 7.05. The van der Waals surface area contributed by atoms with Crippen LogP contribution >= 0.6 is 11.8 Å². The number of amides is 2. The van der Waals surface area contributed by atoms with Gasteiger partial charge in [0, 0.05) is 29.7 Å². The summed E-state index contributed by atoms with van der Waals surface area (Å²) in [5.74, 6) is -0.0871. The fourth-order valence-corrected chi connectivity index (χ4v) is 2.68. The predicted octanol–water partition coefficient (Wildman–Crippen LogP) is 2.18. The van der Waals surface area contributed by atoms with E-state index in [0.717, 1.165) is 11.4 Å². The van der Waals surface area contributed by atoms with E-state index >= 15 is 0 Å². The van der Waals surface area contributed by atoms with Gasteiger partial charge in [-0.2, -0.15) is 0 Å². The van der Waals surface area contributed by atoms with Gasteiger partial charge < -0.3 is 10.6 Å². The standard InChI is InChI=1S/C16H18N4O2S/c1-10-8-11(2)19-16(18-10)23-9-14(21)20-13-6-4-12(5-7-13)15(22)17-3/h4-8H,9H2,1-3H3,(H,17,22)(H,20,21). The molecule has 0 aliphatic heterocycles. The zero-order chi connectivity index (χ0) is 16.8. The molecule has 0 spiro atoms. The number of hydrogen-bond acceptors (Lipinski definition) is 5. The minimum atomic E-state index is -0.162. The summed E-state index contributed by atoms with van der Waals surface area (Å²) in [5, 5.41) is 5.91. The fraction of sp³-hybridized carbons (Fsp3) is 0.250. The van der Waals surface area contributed by atoms with Crippen LogP contribution in [-0.2, 0) is 4.79 Å². The topological polar surface area (TPSA) is 84.0 Å². The predicted molar refractivity (Wildman–Crippen MR) is 90.7 cm³/mol. The minimum Gasteiger partial charge on any atom is -0.355 e. The van der Waals surface area contributed by atoms with Crippen LogP contribution in [0.1, 0.15) is 21.7 Å².